The van der Waals surface area contributed by atoms with E-state index in [1.807, 2.05) is 0 Å². The maximum atomic E-state index is 12.9. The van der Waals surface area contributed by atoms with Crippen LogP contribution in [0.5, 0.6) is 0 Å². The van der Waals surface area contributed by atoms with Gasteiger partial charge < -0.3 is 10.1 Å². The van der Waals surface area contributed by atoms with E-state index in [0.29, 0.717) is 10.6 Å². The van der Waals surface area contributed by atoms with Gasteiger partial charge in [-0.2, -0.15) is 0 Å². The van der Waals surface area contributed by atoms with Crippen molar-refractivity contribution in [2.75, 3.05) is 11.9 Å². The zero-order valence-electron chi connectivity index (χ0n) is 11.8. The Kier molecular flexibility index (Phi) is 5.96. The molecule has 0 aliphatic rings. The molecular formula is C16H12Cl2FNO3. The number of benzene rings is 2. The Morgan fingerprint density at radius 1 is 1.09 bits per heavy atom. The molecule has 4 nitrogen and oxygen atoms in total. The van der Waals surface area contributed by atoms with Gasteiger partial charge in [0.1, 0.15) is 5.82 Å². The summed E-state index contributed by atoms with van der Waals surface area (Å²) < 4.78 is 17.8. The molecule has 120 valence electrons. The number of halogens is 3. The molecule has 2 aromatic rings. The van der Waals surface area contributed by atoms with Crippen molar-refractivity contribution in [2.24, 2.45) is 0 Å². The van der Waals surface area contributed by atoms with Gasteiger partial charge in [0, 0.05) is 5.02 Å². The minimum absolute atomic E-state index is 0.0374. The van der Waals surface area contributed by atoms with Gasteiger partial charge in [-0.3, -0.25) is 9.59 Å². The van der Waals surface area contributed by atoms with Crippen LogP contribution in [0, 0.1) is 5.82 Å². The van der Waals surface area contributed by atoms with Crippen LogP contribution in [0.15, 0.2) is 42.5 Å². The molecule has 0 bridgehead atoms. The summed E-state index contributed by atoms with van der Waals surface area (Å²) >= 11 is 11.7. The summed E-state index contributed by atoms with van der Waals surface area (Å²) in [5.41, 5.74) is 0.848. The molecule has 0 saturated carbocycles. The molecule has 7 heteroatoms. The lowest BCUT2D eigenvalue weighted by atomic mass is 10.1. The second-order valence-corrected chi connectivity index (χ2v) is 5.42. The second-order valence-electron chi connectivity index (χ2n) is 4.60. The summed E-state index contributed by atoms with van der Waals surface area (Å²) in [5, 5.41) is 2.93. The summed E-state index contributed by atoms with van der Waals surface area (Å²) in [6.45, 7) is -0.475. The molecule has 1 N–H and O–H groups in total. The van der Waals surface area contributed by atoms with Gasteiger partial charge in [-0.1, -0.05) is 41.4 Å². The Morgan fingerprint density at radius 3 is 2.52 bits per heavy atom. The van der Waals surface area contributed by atoms with Crippen LogP contribution < -0.4 is 5.32 Å². The van der Waals surface area contributed by atoms with Crippen LogP contribution in [-0.2, 0) is 20.7 Å². The predicted octanol–water partition coefficient (Wildman–Crippen LogP) is 3.86. The fourth-order valence-corrected chi connectivity index (χ4v) is 2.19. The molecule has 0 aliphatic carbocycles. The number of carbonyl (C=O) groups excluding carboxylic acids is 2. The van der Waals surface area contributed by atoms with Gasteiger partial charge in [0.15, 0.2) is 6.61 Å². The highest BCUT2D eigenvalue weighted by Crippen LogP contribution is 2.22. The van der Waals surface area contributed by atoms with Crippen molar-refractivity contribution in [3.05, 3.63) is 63.9 Å². The first kappa shape index (κ1) is 17.2. The maximum Gasteiger partial charge on any atom is 0.310 e. The zero-order chi connectivity index (χ0) is 16.8. The first-order valence-electron chi connectivity index (χ1n) is 6.59. The Hall–Kier alpha value is -2.11. The summed E-state index contributed by atoms with van der Waals surface area (Å²) in [6.07, 6.45) is -0.0374. The predicted molar refractivity (Wildman–Crippen MR) is 86.2 cm³/mol. The molecule has 0 fully saturated rings. The van der Waals surface area contributed by atoms with Crippen LogP contribution in [0.4, 0.5) is 10.1 Å². The minimum atomic E-state index is -0.585. The van der Waals surface area contributed by atoms with E-state index in [2.05, 4.69) is 5.32 Å². The van der Waals surface area contributed by atoms with E-state index in [4.69, 9.17) is 27.9 Å². The zero-order valence-corrected chi connectivity index (χ0v) is 13.3. The highest BCUT2D eigenvalue weighted by molar-refractivity contribution is 6.33. The highest BCUT2D eigenvalue weighted by Gasteiger charge is 2.12. The van der Waals surface area contributed by atoms with E-state index in [1.54, 1.807) is 24.3 Å². The van der Waals surface area contributed by atoms with E-state index < -0.39 is 24.3 Å². The summed E-state index contributed by atoms with van der Waals surface area (Å²) in [5.74, 6) is -1.68. The number of carbonyl (C=O) groups is 2. The van der Waals surface area contributed by atoms with Crippen LogP contribution in [0.25, 0.3) is 0 Å². The molecule has 2 rings (SSSR count). The third-order valence-electron chi connectivity index (χ3n) is 2.86. The molecule has 0 spiro atoms. The van der Waals surface area contributed by atoms with Gasteiger partial charge in [0.2, 0.25) is 0 Å². The molecule has 0 saturated heterocycles. The number of hydrogen-bond acceptors (Lipinski definition) is 3. The fourth-order valence-electron chi connectivity index (χ4n) is 1.77. The molecule has 0 radical (unpaired) electrons. The molecule has 0 unspecified atom stereocenters. The number of amides is 1. The minimum Gasteiger partial charge on any atom is -0.455 e. The van der Waals surface area contributed by atoms with Gasteiger partial charge in [-0.15, -0.1) is 0 Å². The Bertz CT molecular complexity index is 737. The average Bonchev–Trinajstić information content (AvgIpc) is 2.50. The van der Waals surface area contributed by atoms with Crippen molar-refractivity contribution in [3.63, 3.8) is 0 Å². The third-order valence-corrected chi connectivity index (χ3v) is 3.54. The Morgan fingerprint density at radius 2 is 1.83 bits per heavy atom. The first-order chi connectivity index (χ1) is 11.0. The summed E-state index contributed by atoms with van der Waals surface area (Å²) in [7, 11) is 0. The van der Waals surface area contributed by atoms with Gasteiger partial charge in [-0.25, -0.2) is 4.39 Å². The number of ether oxygens (including phenoxy) is 1. The van der Waals surface area contributed by atoms with Gasteiger partial charge in [0.05, 0.1) is 17.1 Å². The molecule has 0 heterocycles. The molecule has 23 heavy (non-hydrogen) atoms. The summed E-state index contributed by atoms with van der Waals surface area (Å²) in [6, 6.07) is 10.4. The van der Waals surface area contributed by atoms with E-state index in [-0.39, 0.29) is 17.1 Å². The second kappa shape index (κ2) is 7.94. The monoisotopic (exact) mass is 355 g/mol. The van der Waals surface area contributed by atoms with Gasteiger partial charge in [0.25, 0.3) is 5.91 Å². The van der Waals surface area contributed by atoms with Crippen LogP contribution >= 0.6 is 23.2 Å². The number of anilines is 1. The lowest BCUT2D eigenvalue weighted by Crippen LogP contribution is -2.21. The Balaban J connectivity index is 1.84. The molecule has 0 aromatic heterocycles. The molecular weight excluding hydrogens is 344 g/mol. The van der Waals surface area contributed by atoms with E-state index in [9.17, 15) is 14.0 Å². The largest absolute Gasteiger partial charge is 0.455 e. The SMILES string of the molecule is O=C(COC(=O)Cc1ccccc1Cl)Nc1ccc(F)cc1Cl. The highest BCUT2D eigenvalue weighted by atomic mass is 35.5. The average molecular weight is 356 g/mol. The van der Waals surface area contributed by atoms with E-state index in [0.717, 1.165) is 12.1 Å². The van der Waals surface area contributed by atoms with Crippen molar-refractivity contribution in [2.45, 2.75) is 6.42 Å². The van der Waals surface area contributed by atoms with E-state index in [1.165, 1.54) is 6.07 Å². The smallest absolute Gasteiger partial charge is 0.310 e. The number of nitrogens with one attached hydrogen (secondary N) is 1. The fraction of sp³-hybridized carbons (Fsp3) is 0.125. The van der Waals surface area contributed by atoms with E-state index >= 15 is 0 Å². The van der Waals surface area contributed by atoms with Crippen LogP contribution in [-0.4, -0.2) is 18.5 Å². The van der Waals surface area contributed by atoms with Crippen LogP contribution in [0.3, 0.4) is 0 Å². The standard InChI is InChI=1S/C16H12Cl2FNO3/c17-12-4-2-1-3-10(12)7-16(22)23-9-15(21)20-14-6-5-11(19)8-13(14)18/h1-6,8H,7,9H2,(H,20,21). The summed E-state index contributed by atoms with van der Waals surface area (Å²) in [4.78, 5) is 23.4. The molecule has 0 atom stereocenters. The van der Waals surface area contributed by atoms with Crippen molar-refractivity contribution < 1.29 is 18.7 Å². The van der Waals surface area contributed by atoms with Crippen molar-refractivity contribution in [3.8, 4) is 0 Å². The molecule has 2 aromatic carbocycles. The Labute approximate surface area is 142 Å². The lowest BCUT2D eigenvalue weighted by molar-refractivity contribution is -0.146. The van der Waals surface area contributed by atoms with Crippen LogP contribution in [0.1, 0.15) is 5.56 Å². The first-order valence-corrected chi connectivity index (χ1v) is 7.35. The van der Waals surface area contributed by atoms with Crippen LogP contribution in [0.2, 0.25) is 10.0 Å². The number of rotatable bonds is 5. The van der Waals surface area contributed by atoms with Crippen molar-refractivity contribution >= 4 is 40.8 Å². The topological polar surface area (TPSA) is 55.4 Å². The normalized spacial score (nSPS) is 10.2. The number of esters is 1. The maximum absolute atomic E-state index is 12.9. The number of hydrogen-bond donors (Lipinski definition) is 1. The van der Waals surface area contributed by atoms with Gasteiger partial charge >= 0.3 is 5.97 Å². The third kappa shape index (κ3) is 5.23. The van der Waals surface area contributed by atoms with Crippen molar-refractivity contribution in [1.82, 2.24) is 0 Å². The van der Waals surface area contributed by atoms with Gasteiger partial charge in [-0.05, 0) is 29.8 Å². The quantitative estimate of drug-likeness (QED) is 0.828. The lowest BCUT2D eigenvalue weighted by Gasteiger charge is -2.08. The molecule has 0 aliphatic heterocycles. The molecule has 1 amide bonds. The van der Waals surface area contributed by atoms with Crippen molar-refractivity contribution in [1.29, 1.82) is 0 Å².